The van der Waals surface area contributed by atoms with Gasteiger partial charge < -0.3 is 19.7 Å². The molecule has 6 heteroatoms. The third kappa shape index (κ3) is 7.01. The molecule has 0 aliphatic rings. The van der Waals surface area contributed by atoms with Crippen molar-refractivity contribution in [1.82, 2.24) is 10.2 Å². The Bertz CT molecular complexity index is 897. The molecular formula is C26H36N2O4. The van der Waals surface area contributed by atoms with Gasteiger partial charge in [0, 0.05) is 12.6 Å². The second-order valence-electron chi connectivity index (χ2n) is 8.35. The number of hydrogen-bond acceptors (Lipinski definition) is 4. The molecule has 2 amide bonds. The van der Waals surface area contributed by atoms with Crippen molar-refractivity contribution in [2.24, 2.45) is 0 Å². The summed E-state index contributed by atoms with van der Waals surface area (Å²) in [7, 11) is 1.60. The SMILES string of the molecule is CC[C@H](C)NC(=O)[C@@H](C)N(Cc1cccc(OC)c1)C(=O)COc1ccccc1C(C)C. The Labute approximate surface area is 191 Å². The van der Waals surface area contributed by atoms with Crippen molar-refractivity contribution in [3.8, 4) is 11.5 Å². The van der Waals surface area contributed by atoms with Crippen LogP contribution in [0, 0.1) is 0 Å². The summed E-state index contributed by atoms with van der Waals surface area (Å²) in [4.78, 5) is 27.6. The van der Waals surface area contributed by atoms with Crippen LogP contribution in [-0.4, -0.2) is 42.5 Å². The molecule has 0 saturated heterocycles. The monoisotopic (exact) mass is 440 g/mol. The molecule has 0 aliphatic carbocycles. The number of nitrogens with one attached hydrogen (secondary N) is 1. The smallest absolute Gasteiger partial charge is 0.261 e. The van der Waals surface area contributed by atoms with Crippen LogP contribution >= 0.6 is 0 Å². The van der Waals surface area contributed by atoms with Crippen LogP contribution in [0.1, 0.15) is 58.1 Å². The molecule has 0 heterocycles. The minimum absolute atomic E-state index is 0.0351. The summed E-state index contributed by atoms with van der Waals surface area (Å²) in [5, 5.41) is 2.97. The second-order valence-corrected chi connectivity index (χ2v) is 8.35. The van der Waals surface area contributed by atoms with Gasteiger partial charge in [0.15, 0.2) is 6.61 Å². The topological polar surface area (TPSA) is 67.9 Å². The Morgan fingerprint density at radius 3 is 2.41 bits per heavy atom. The van der Waals surface area contributed by atoms with Crippen LogP contribution in [0.2, 0.25) is 0 Å². The fraction of sp³-hybridized carbons (Fsp3) is 0.462. The van der Waals surface area contributed by atoms with Gasteiger partial charge in [0.2, 0.25) is 5.91 Å². The van der Waals surface area contributed by atoms with Gasteiger partial charge in [-0.1, -0.05) is 51.1 Å². The molecule has 0 unspecified atom stereocenters. The Balaban J connectivity index is 2.22. The van der Waals surface area contributed by atoms with Crippen LogP contribution < -0.4 is 14.8 Å². The van der Waals surface area contributed by atoms with E-state index in [2.05, 4.69) is 19.2 Å². The second kappa shape index (κ2) is 12.1. The van der Waals surface area contributed by atoms with E-state index in [0.29, 0.717) is 11.5 Å². The highest BCUT2D eigenvalue weighted by atomic mass is 16.5. The number of methoxy groups -OCH3 is 1. The minimum atomic E-state index is -0.647. The number of nitrogens with zero attached hydrogens (tertiary/aromatic N) is 1. The highest BCUT2D eigenvalue weighted by Gasteiger charge is 2.27. The fourth-order valence-electron chi connectivity index (χ4n) is 3.33. The highest BCUT2D eigenvalue weighted by Crippen LogP contribution is 2.26. The largest absolute Gasteiger partial charge is 0.497 e. The van der Waals surface area contributed by atoms with Crippen molar-refractivity contribution in [3.05, 3.63) is 59.7 Å². The first-order chi connectivity index (χ1) is 15.3. The van der Waals surface area contributed by atoms with E-state index in [1.165, 1.54) is 0 Å². The van der Waals surface area contributed by atoms with E-state index < -0.39 is 6.04 Å². The van der Waals surface area contributed by atoms with Crippen molar-refractivity contribution >= 4 is 11.8 Å². The van der Waals surface area contributed by atoms with Crippen molar-refractivity contribution in [3.63, 3.8) is 0 Å². The number of carbonyl (C=O) groups is 2. The van der Waals surface area contributed by atoms with E-state index in [-0.39, 0.29) is 36.9 Å². The van der Waals surface area contributed by atoms with Crippen molar-refractivity contribution < 1.29 is 19.1 Å². The Morgan fingerprint density at radius 1 is 1.03 bits per heavy atom. The zero-order chi connectivity index (χ0) is 23.7. The molecule has 0 spiro atoms. The zero-order valence-corrected chi connectivity index (χ0v) is 20.1. The van der Waals surface area contributed by atoms with Gasteiger partial charge in [0.05, 0.1) is 7.11 Å². The fourth-order valence-corrected chi connectivity index (χ4v) is 3.33. The molecule has 174 valence electrons. The molecule has 0 bridgehead atoms. The maximum Gasteiger partial charge on any atom is 0.261 e. The van der Waals surface area contributed by atoms with Crippen LogP contribution in [-0.2, 0) is 16.1 Å². The van der Waals surface area contributed by atoms with Gasteiger partial charge >= 0.3 is 0 Å². The molecular weight excluding hydrogens is 404 g/mol. The minimum Gasteiger partial charge on any atom is -0.497 e. The van der Waals surface area contributed by atoms with E-state index in [0.717, 1.165) is 17.5 Å². The Hall–Kier alpha value is -3.02. The molecule has 2 aromatic rings. The number of carbonyl (C=O) groups excluding carboxylic acids is 2. The molecule has 0 fully saturated rings. The van der Waals surface area contributed by atoms with Crippen LogP contribution in [0.15, 0.2) is 48.5 Å². The van der Waals surface area contributed by atoms with Crippen LogP contribution in [0.3, 0.4) is 0 Å². The number of benzene rings is 2. The quantitative estimate of drug-likeness (QED) is 0.557. The molecule has 2 aromatic carbocycles. The Kier molecular flexibility index (Phi) is 9.57. The van der Waals surface area contributed by atoms with Gasteiger partial charge in [-0.2, -0.15) is 0 Å². The van der Waals surface area contributed by atoms with Crippen molar-refractivity contribution in [2.45, 2.75) is 65.6 Å². The average Bonchev–Trinajstić information content (AvgIpc) is 2.80. The highest BCUT2D eigenvalue weighted by molar-refractivity contribution is 5.88. The molecule has 2 rings (SSSR count). The molecule has 0 radical (unpaired) electrons. The van der Waals surface area contributed by atoms with E-state index >= 15 is 0 Å². The number of rotatable bonds is 11. The lowest BCUT2D eigenvalue weighted by molar-refractivity contribution is -0.142. The summed E-state index contributed by atoms with van der Waals surface area (Å²) in [5.74, 6) is 1.23. The molecule has 0 aromatic heterocycles. The first-order valence-electron chi connectivity index (χ1n) is 11.2. The summed E-state index contributed by atoms with van der Waals surface area (Å²) in [6.07, 6.45) is 0.817. The standard InChI is InChI=1S/C26H36N2O4/c1-7-19(4)27-26(30)20(5)28(16-21-11-10-12-22(15-21)31-6)25(29)17-32-24-14-9-8-13-23(24)18(2)3/h8-15,18-20H,7,16-17H2,1-6H3,(H,27,30)/t19-,20+/m0/s1. The first-order valence-corrected chi connectivity index (χ1v) is 11.2. The molecule has 0 aliphatic heterocycles. The normalized spacial score (nSPS) is 12.7. The summed E-state index contributed by atoms with van der Waals surface area (Å²) < 4.78 is 11.2. The molecule has 6 nitrogen and oxygen atoms in total. The number of para-hydroxylation sites is 1. The van der Waals surface area contributed by atoms with Crippen LogP contribution in [0.4, 0.5) is 0 Å². The average molecular weight is 441 g/mol. The third-order valence-corrected chi connectivity index (χ3v) is 5.55. The van der Waals surface area contributed by atoms with E-state index in [4.69, 9.17) is 9.47 Å². The number of hydrogen-bond donors (Lipinski definition) is 1. The summed E-state index contributed by atoms with van der Waals surface area (Å²) >= 11 is 0. The van der Waals surface area contributed by atoms with Gasteiger partial charge in [-0.3, -0.25) is 9.59 Å². The predicted octanol–water partition coefficient (Wildman–Crippen LogP) is 4.53. The maximum absolute atomic E-state index is 13.2. The lowest BCUT2D eigenvalue weighted by Gasteiger charge is -2.30. The van der Waals surface area contributed by atoms with Crippen molar-refractivity contribution in [1.29, 1.82) is 0 Å². The van der Waals surface area contributed by atoms with E-state index in [9.17, 15) is 9.59 Å². The molecule has 1 N–H and O–H groups in total. The lowest BCUT2D eigenvalue weighted by Crippen LogP contribution is -2.50. The summed E-state index contributed by atoms with van der Waals surface area (Å²) in [6, 6.07) is 14.6. The predicted molar refractivity (Wildman–Crippen MR) is 127 cm³/mol. The summed E-state index contributed by atoms with van der Waals surface area (Å²) in [6.45, 7) is 10.0. The summed E-state index contributed by atoms with van der Waals surface area (Å²) in [5.41, 5.74) is 1.92. The van der Waals surface area contributed by atoms with Gasteiger partial charge in [0.25, 0.3) is 5.91 Å². The number of amides is 2. The van der Waals surface area contributed by atoms with E-state index in [1.807, 2.05) is 62.4 Å². The van der Waals surface area contributed by atoms with Gasteiger partial charge in [0.1, 0.15) is 17.5 Å². The molecule has 0 saturated carbocycles. The third-order valence-electron chi connectivity index (χ3n) is 5.55. The Morgan fingerprint density at radius 2 is 1.75 bits per heavy atom. The van der Waals surface area contributed by atoms with Crippen LogP contribution in [0.5, 0.6) is 11.5 Å². The first kappa shape index (κ1) is 25.2. The number of ether oxygens (including phenoxy) is 2. The molecule has 2 atom stereocenters. The van der Waals surface area contributed by atoms with Gasteiger partial charge in [-0.05, 0) is 55.5 Å². The van der Waals surface area contributed by atoms with E-state index in [1.54, 1.807) is 18.9 Å². The van der Waals surface area contributed by atoms with Gasteiger partial charge in [-0.25, -0.2) is 0 Å². The maximum atomic E-state index is 13.2. The lowest BCUT2D eigenvalue weighted by atomic mass is 10.0. The molecule has 32 heavy (non-hydrogen) atoms. The van der Waals surface area contributed by atoms with Gasteiger partial charge in [-0.15, -0.1) is 0 Å². The van der Waals surface area contributed by atoms with Crippen molar-refractivity contribution in [2.75, 3.05) is 13.7 Å². The van der Waals surface area contributed by atoms with Crippen LogP contribution in [0.25, 0.3) is 0 Å². The zero-order valence-electron chi connectivity index (χ0n) is 20.1.